The van der Waals surface area contributed by atoms with Crippen LogP contribution < -0.4 is 0 Å². The molecule has 100 valence electrons. The molecule has 0 aliphatic rings. The summed E-state index contributed by atoms with van der Waals surface area (Å²) in [6, 6.07) is 4.13. The Morgan fingerprint density at radius 3 is 2.95 bits per heavy atom. The Kier molecular flexibility index (Phi) is 3.89. The number of hydrogen-bond donors (Lipinski definition) is 1. The van der Waals surface area contributed by atoms with E-state index in [-0.39, 0.29) is 12.4 Å². The average Bonchev–Trinajstić information content (AvgIpc) is 2.77. The molecule has 0 fully saturated rings. The Labute approximate surface area is 116 Å². The van der Waals surface area contributed by atoms with Gasteiger partial charge in [-0.05, 0) is 44.6 Å². The largest absolute Gasteiger partial charge is 0.481 e. The molecule has 2 aromatic rings. The van der Waals surface area contributed by atoms with Crippen molar-refractivity contribution in [3.05, 3.63) is 28.5 Å². The van der Waals surface area contributed by atoms with Crippen LogP contribution in [0.25, 0.3) is 11.4 Å². The lowest BCUT2D eigenvalue weighted by atomic mass is 10.1. The van der Waals surface area contributed by atoms with E-state index in [0.29, 0.717) is 15.9 Å². The zero-order chi connectivity index (χ0) is 14.0. The van der Waals surface area contributed by atoms with Crippen molar-refractivity contribution in [2.75, 3.05) is 0 Å². The second kappa shape index (κ2) is 5.43. The first-order chi connectivity index (χ1) is 8.99. The summed E-state index contributed by atoms with van der Waals surface area (Å²) in [6.07, 6.45) is 0. The van der Waals surface area contributed by atoms with Gasteiger partial charge in [0.1, 0.15) is 5.82 Å². The third kappa shape index (κ3) is 2.95. The molecule has 6 nitrogen and oxygen atoms in total. The van der Waals surface area contributed by atoms with Crippen molar-refractivity contribution >= 4 is 21.9 Å². The van der Waals surface area contributed by atoms with Crippen LogP contribution in [0.4, 0.5) is 4.39 Å². The highest BCUT2D eigenvalue weighted by atomic mass is 79.9. The van der Waals surface area contributed by atoms with E-state index in [9.17, 15) is 9.18 Å². The Hall–Kier alpha value is -1.83. The summed E-state index contributed by atoms with van der Waals surface area (Å²) in [6.45, 7) is 1.70. The first-order valence-corrected chi connectivity index (χ1v) is 6.22. The van der Waals surface area contributed by atoms with Crippen LogP contribution in [0.5, 0.6) is 0 Å². The van der Waals surface area contributed by atoms with Gasteiger partial charge in [-0.25, -0.2) is 9.07 Å². The molecule has 1 aromatic heterocycles. The summed E-state index contributed by atoms with van der Waals surface area (Å²) in [5.74, 6) is -1.55. The van der Waals surface area contributed by atoms with E-state index in [1.807, 2.05) is 0 Å². The van der Waals surface area contributed by atoms with Crippen molar-refractivity contribution in [1.29, 1.82) is 0 Å². The molecule has 0 saturated carbocycles. The SMILES string of the molecule is CC(Cn1nnnc1-c1ccc(F)cc1Br)C(=O)O. The van der Waals surface area contributed by atoms with Crippen LogP contribution in [0.1, 0.15) is 6.92 Å². The van der Waals surface area contributed by atoms with E-state index >= 15 is 0 Å². The molecule has 19 heavy (non-hydrogen) atoms. The third-order valence-electron chi connectivity index (χ3n) is 2.57. The van der Waals surface area contributed by atoms with Gasteiger partial charge < -0.3 is 5.11 Å². The standard InChI is InChI=1S/C11H10BrFN4O2/c1-6(11(18)19)5-17-10(14-15-16-17)8-3-2-7(13)4-9(8)12/h2-4,6H,5H2,1H3,(H,18,19). The molecule has 1 atom stereocenters. The highest BCUT2D eigenvalue weighted by Crippen LogP contribution is 2.27. The molecule has 1 heterocycles. The number of nitrogens with zero attached hydrogens (tertiary/aromatic N) is 4. The molecule has 0 spiro atoms. The van der Waals surface area contributed by atoms with Crippen molar-refractivity contribution in [2.45, 2.75) is 13.5 Å². The molecule has 1 aromatic carbocycles. The lowest BCUT2D eigenvalue weighted by molar-refractivity contribution is -0.141. The number of hydrogen-bond acceptors (Lipinski definition) is 4. The number of aromatic nitrogens is 4. The minimum atomic E-state index is -0.931. The molecule has 0 aliphatic carbocycles. The van der Waals surface area contributed by atoms with E-state index in [4.69, 9.17) is 5.11 Å². The maximum absolute atomic E-state index is 13.0. The van der Waals surface area contributed by atoms with Gasteiger partial charge in [0.05, 0.1) is 12.5 Å². The predicted octanol–water partition coefficient (Wildman–Crippen LogP) is 1.96. The van der Waals surface area contributed by atoms with Crippen molar-refractivity contribution in [2.24, 2.45) is 5.92 Å². The van der Waals surface area contributed by atoms with Gasteiger partial charge in [0.2, 0.25) is 0 Å². The minimum Gasteiger partial charge on any atom is -0.481 e. The summed E-state index contributed by atoms with van der Waals surface area (Å²) in [5, 5.41) is 20.0. The van der Waals surface area contributed by atoms with Crippen LogP contribution in [-0.4, -0.2) is 31.3 Å². The normalized spacial score (nSPS) is 12.4. The number of carboxylic acid groups (broad SMARTS) is 1. The van der Waals surface area contributed by atoms with Crippen LogP contribution >= 0.6 is 15.9 Å². The first-order valence-electron chi connectivity index (χ1n) is 5.43. The summed E-state index contributed by atoms with van der Waals surface area (Å²) in [4.78, 5) is 10.8. The first kappa shape index (κ1) is 13.6. The number of benzene rings is 1. The zero-order valence-electron chi connectivity index (χ0n) is 9.92. The van der Waals surface area contributed by atoms with Crippen molar-refractivity contribution in [3.8, 4) is 11.4 Å². The molecule has 1 unspecified atom stereocenters. The fourth-order valence-electron chi connectivity index (χ4n) is 1.53. The summed E-state index contributed by atoms with van der Waals surface area (Å²) in [7, 11) is 0. The second-order valence-corrected chi connectivity index (χ2v) is 4.90. The van der Waals surface area contributed by atoms with Gasteiger partial charge >= 0.3 is 5.97 Å². The predicted molar refractivity (Wildman–Crippen MR) is 67.7 cm³/mol. The summed E-state index contributed by atoms with van der Waals surface area (Å²) >= 11 is 3.23. The molecular formula is C11H10BrFN4O2. The zero-order valence-corrected chi connectivity index (χ0v) is 11.5. The van der Waals surface area contributed by atoms with E-state index in [2.05, 4.69) is 31.5 Å². The van der Waals surface area contributed by atoms with E-state index in [1.54, 1.807) is 6.92 Å². The number of carbonyl (C=O) groups is 1. The minimum absolute atomic E-state index is 0.140. The number of tetrazole rings is 1. The molecule has 0 amide bonds. The van der Waals surface area contributed by atoms with Crippen molar-refractivity contribution < 1.29 is 14.3 Å². The lowest BCUT2D eigenvalue weighted by Gasteiger charge is -2.09. The molecule has 0 aliphatic heterocycles. The van der Waals surface area contributed by atoms with E-state index in [0.717, 1.165) is 0 Å². The Balaban J connectivity index is 2.36. The fraction of sp³-hybridized carbons (Fsp3) is 0.273. The van der Waals surface area contributed by atoms with Gasteiger partial charge in [-0.15, -0.1) is 5.10 Å². The average molecular weight is 329 g/mol. The Bertz CT molecular complexity index is 616. The van der Waals surface area contributed by atoms with E-state index < -0.39 is 11.9 Å². The van der Waals surface area contributed by atoms with Crippen LogP contribution in [0.15, 0.2) is 22.7 Å². The quantitative estimate of drug-likeness (QED) is 0.927. The molecule has 0 bridgehead atoms. The van der Waals surface area contributed by atoms with Gasteiger partial charge in [-0.3, -0.25) is 4.79 Å². The van der Waals surface area contributed by atoms with Crippen LogP contribution in [0, 0.1) is 11.7 Å². The third-order valence-corrected chi connectivity index (χ3v) is 3.23. The number of carboxylic acids is 1. The summed E-state index contributed by atoms with van der Waals surface area (Å²) in [5.41, 5.74) is 0.601. The Morgan fingerprint density at radius 2 is 2.32 bits per heavy atom. The molecule has 1 N–H and O–H groups in total. The smallest absolute Gasteiger partial charge is 0.308 e. The topological polar surface area (TPSA) is 80.9 Å². The highest BCUT2D eigenvalue weighted by molar-refractivity contribution is 9.10. The van der Waals surface area contributed by atoms with Gasteiger partial charge in [0.25, 0.3) is 0 Å². The highest BCUT2D eigenvalue weighted by Gasteiger charge is 2.18. The van der Waals surface area contributed by atoms with Crippen LogP contribution in [0.2, 0.25) is 0 Å². The molecule has 0 radical (unpaired) electrons. The number of rotatable bonds is 4. The van der Waals surface area contributed by atoms with Gasteiger partial charge in [0, 0.05) is 10.0 Å². The molecule has 8 heteroatoms. The molecular weight excluding hydrogens is 319 g/mol. The Morgan fingerprint density at radius 1 is 1.58 bits per heavy atom. The maximum Gasteiger partial charge on any atom is 0.308 e. The number of halogens is 2. The second-order valence-electron chi connectivity index (χ2n) is 4.05. The van der Waals surface area contributed by atoms with Gasteiger partial charge in [-0.1, -0.05) is 6.92 Å². The lowest BCUT2D eigenvalue weighted by Crippen LogP contribution is -2.18. The number of aliphatic carboxylic acids is 1. The van der Waals surface area contributed by atoms with Crippen molar-refractivity contribution in [3.63, 3.8) is 0 Å². The van der Waals surface area contributed by atoms with Gasteiger partial charge in [0.15, 0.2) is 5.82 Å². The maximum atomic E-state index is 13.0. The van der Waals surface area contributed by atoms with Crippen LogP contribution in [-0.2, 0) is 11.3 Å². The molecule has 2 rings (SSSR count). The van der Waals surface area contributed by atoms with Gasteiger partial charge in [-0.2, -0.15) is 0 Å². The molecule has 0 saturated heterocycles. The van der Waals surface area contributed by atoms with Crippen LogP contribution in [0.3, 0.4) is 0 Å². The monoisotopic (exact) mass is 328 g/mol. The van der Waals surface area contributed by atoms with E-state index in [1.165, 1.54) is 22.9 Å². The summed E-state index contributed by atoms with van der Waals surface area (Å²) < 4.78 is 14.9. The fourth-order valence-corrected chi connectivity index (χ4v) is 2.06. The van der Waals surface area contributed by atoms with Crippen molar-refractivity contribution in [1.82, 2.24) is 20.2 Å².